The van der Waals surface area contributed by atoms with Gasteiger partial charge in [0.2, 0.25) is 5.90 Å². The molecular weight excluding hydrogens is 286 g/mol. The van der Waals surface area contributed by atoms with Gasteiger partial charge >= 0.3 is 0 Å². The molecule has 0 fully saturated rings. The largest absolute Gasteiger partial charge is 0.473 e. The summed E-state index contributed by atoms with van der Waals surface area (Å²) in [4.78, 5) is 16.4. The first-order valence-corrected chi connectivity index (χ1v) is 7.82. The van der Waals surface area contributed by atoms with Crippen LogP contribution in [0.1, 0.15) is 35.7 Å². The zero-order chi connectivity index (χ0) is 16.3. The van der Waals surface area contributed by atoms with Gasteiger partial charge in [-0.2, -0.15) is 4.99 Å². The fourth-order valence-electron chi connectivity index (χ4n) is 1.98. The van der Waals surface area contributed by atoms with Crippen molar-refractivity contribution in [1.29, 1.82) is 0 Å². The molecule has 0 aliphatic heterocycles. The Hall–Kier alpha value is -2.68. The topological polar surface area (TPSA) is 38.7 Å². The predicted molar refractivity (Wildman–Crippen MR) is 93.8 cm³/mol. The number of ether oxygens (including phenoxy) is 1. The Morgan fingerprint density at radius 1 is 0.957 bits per heavy atom. The number of nitrogens with zero attached hydrogens (tertiary/aromatic N) is 1. The highest BCUT2D eigenvalue weighted by Gasteiger charge is 2.09. The number of hydrogen-bond acceptors (Lipinski definition) is 2. The zero-order valence-electron chi connectivity index (χ0n) is 13.3. The molecule has 0 aliphatic carbocycles. The summed E-state index contributed by atoms with van der Waals surface area (Å²) in [6.45, 7) is 2.52. The molecule has 2 aromatic rings. The van der Waals surface area contributed by atoms with E-state index in [1.54, 1.807) is 12.1 Å². The van der Waals surface area contributed by atoms with E-state index in [4.69, 9.17) is 4.74 Å². The average Bonchev–Trinajstić information content (AvgIpc) is 2.62. The van der Waals surface area contributed by atoms with Gasteiger partial charge in [0.15, 0.2) is 0 Å². The first-order valence-electron chi connectivity index (χ1n) is 7.82. The molecule has 23 heavy (non-hydrogen) atoms. The van der Waals surface area contributed by atoms with Gasteiger partial charge in [-0.3, -0.25) is 4.79 Å². The molecule has 0 N–H and O–H groups in total. The molecular formula is C20H21NO2. The molecule has 0 unspecified atom stereocenters. The number of benzene rings is 2. The number of unbranched alkanes of at least 4 members (excludes halogenated alkanes) is 1. The van der Waals surface area contributed by atoms with Crippen LogP contribution in [0.15, 0.2) is 77.8 Å². The van der Waals surface area contributed by atoms with Gasteiger partial charge in [0.05, 0.1) is 0 Å². The van der Waals surface area contributed by atoms with E-state index in [0.717, 1.165) is 18.4 Å². The van der Waals surface area contributed by atoms with Crippen molar-refractivity contribution in [3.05, 3.63) is 83.9 Å². The molecule has 3 nitrogen and oxygen atoms in total. The Bertz CT molecular complexity index is 661. The molecule has 118 valence electrons. The Balaban J connectivity index is 2.16. The molecule has 0 aliphatic rings. The van der Waals surface area contributed by atoms with E-state index in [-0.39, 0.29) is 5.91 Å². The van der Waals surface area contributed by atoms with Gasteiger partial charge in [0.1, 0.15) is 6.61 Å². The molecule has 0 saturated heterocycles. The van der Waals surface area contributed by atoms with Gasteiger partial charge in [0, 0.05) is 11.1 Å². The molecule has 0 aromatic heterocycles. The van der Waals surface area contributed by atoms with Crippen LogP contribution >= 0.6 is 0 Å². The van der Waals surface area contributed by atoms with E-state index < -0.39 is 0 Å². The molecule has 0 radical (unpaired) electrons. The lowest BCUT2D eigenvalue weighted by Gasteiger charge is -2.07. The fraction of sp³-hybridized carbons (Fsp3) is 0.200. The maximum absolute atomic E-state index is 12.3. The summed E-state index contributed by atoms with van der Waals surface area (Å²) >= 11 is 0. The van der Waals surface area contributed by atoms with Gasteiger partial charge in [-0.15, -0.1) is 0 Å². The highest BCUT2D eigenvalue weighted by Crippen LogP contribution is 2.07. The van der Waals surface area contributed by atoms with Crippen LogP contribution in [0.5, 0.6) is 0 Å². The molecule has 0 atom stereocenters. The van der Waals surface area contributed by atoms with Crippen LogP contribution in [-0.4, -0.2) is 18.4 Å². The van der Waals surface area contributed by atoms with Gasteiger partial charge < -0.3 is 4.74 Å². The number of carbonyl (C=O) groups is 1. The smallest absolute Gasteiger partial charge is 0.280 e. The lowest BCUT2D eigenvalue weighted by molar-refractivity contribution is 0.0999. The zero-order valence-corrected chi connectivity index (χ0v) is 13.3. The molecule has 0 spiro atoms. The van der Waals surface area contributed by atoms with E-state index >= 15 is 0 Å². The summed E-state index contributed by atoms with van der Waals surface area (Å²) < 4.78 is 5.71. The summed E-state index contributed by atoms with van der Waals surface area (Å²) in [7, 11) is 0. The van der Waals surface area contributed by atoms with Crippen molar-refractivity contribution < 1.29 is 9.53 Å². The summed E-state index contributed by atoms with van der Waals surface area (Å²) in [5.74, 6) is 0.0441. The molecule has 1 amide bonds. The second-order valence-corrected chi connectivity index (χ2v) is 5.03. The third kappa shape index (κ3) is 5.55. The summed E-state index contributed by atoms with van der Waals surface area (Å²) in [5.41, 5.74) is 1.34. The van der Waals surface area contributed by atoms with Gasteiger partial charge in [-0.25, -0.2) is 0 Å². The Morgan fingerprint density at radius 3 is 2.17 bits per heavy atom. The summed E-state index contributed by atoms with van der Waals surface area (Å²) in [6, 6.07) is 18.5. The summed E-state index contributed by atoms with van der Waals surface area (Å²) in [6.07, 6.45) is 6.14. The first kappa shape index (κ1) is 16.7. The monoisotopic (exact) mass is 307 g/mol. The average molecular weight is 307 g/mol. The van der Waals surface area contributed by atoms with Gasteiger partial charge in [-0.05, 0) is 30.7 Å². The molecule has 3 heteroatoms. The Labute approximate surface area is 137 Å². The van der Waals surface area contributed by atoms with Gasteiger partial charge in [-0.1, -0.05) is 61.9 Å². The van der Waals surface area contributed by atoms with Crippen molar-refractivity contribution in [3.63, 3.8) is 0 Å². The van der Waals surface area contributed by atoms with Crippen molar-refractivity contribution in [2.75, 3.05) is 6.61 Å². The second-order valence-electron chi connectivity index (χ2n) is 5.03. The van der Waals surface area contributed by atoms with E-state index in [1.807, 2.05) is 54.6 Å². The first-order chi connectivity index (χ1) is 11.3. The standard InChI is InChI=1S/C20H21NO2/c1-2-3-4-11-16-23-20(18-14-9-6-10-15-18)21-19(22)17-12-7-5-8-13-17/h4-15H,2-3,16H2,1H3/b11-4+,21-20?. The lowest BCUT2D eigenvalue weighted by Crippen LogP contribution is -2.10. The van der Waals surface area contributed by atoms with E-state index in [9.17, 15) is 4.79 Å². The van der Waals surface area contributed by atoms with E-state index in [1.165, 1.54) is 0 Å². The number of amides is 1. The van der Waals surface area contributed by atoms with Crippen LogP contribution in [0.3, 0.4) is 0 Å². The maximum atomic E-state index is 12.3. The number of rotatable bonds is 6. The predicted octanol–water partition coefficient (Wildman–Crippen LogP) is 4.65. The molecule has 2 rings (SSSR count). The highest BCUT2D eigenvalue weighted by atomic mass is 16.5. The number of hydrogen-bond donors (Lipinski definition) is 0. The third-order valence-corrected chi connectivity index (χ3v) is 3.18. The van der Waals surface area contributed by atoms with Crippen LogP contribution in [0.4, 0.5) is 0 Å². The Morgan fingerprint density at radius 2 is 1.57 bits per heavy atom. The van der Waals surface area contributed by atoms with Crippen LogP contribution in [0.2, 0.25) is 0 Å². The minimum atomic E-state index is -0.304. The van der Waals surface area contributed by atoms with Crippen LogP contribution in [-0.2, 0) is 4.74 Å². The molecule has 0 saturated carbocycles. The number of aliphatic imine (C=N–C) groups is 1. The quantitative estimate of drug-likeness (QED) is 0.443. The fourth-order valence-corrected chi connectivity index (χ4v) is 1.98. The van der Waals surface area contributed by atoms with Crippen molar-refractivity contribution in [1.82, 2.24) is 0 Å². The SMILES string of the molecule is CCC/C=C/COC(=NC(=O)c1ccccc1)c1ccccc1. The molecule has 2 aromatic carbocycles. The Kier molecular flexibility index (Phi) is 6.79. The van der Waals surface area contributed by atoms with Crippen molar-refractivity contribution >= 4 is 11.8 Å². The second kappa shape index (κ2) is 9.36. The molecule has 0 heterocycles. The van der Waals surface area contributed by atoms with E-state index in [2.05, 4.69) is 18.0 Å². The lowest BCUT2D eigenvalue weighted by atomic mass is 10.2. The van der Waals surface area contributed by atoms with Crippen LogP contribution < -0.4 is 0 Å². The van der Waals surface area contributed by atoms with Gasteiger partial charge in [0.25, 0.3) is 5.91 Å². The van der Waals surface area contributed by atoms with E-state index in [0.29, 0.717) is 18.1 Å². The van der Waals surface area contributed by atoms with Crippen molar-refractivity contribution in [2.24, 2.45) is 4.99 Å². The van der Waals surface area contributed by atoms with Crippen LogP contribution in [0.25, 0.3) is 0 Å². The molecule has 0 bridgehead atoms. The van der Waals surface area contributed by atoms with Crippen molar-refractivity contribution in [3.8, 4) is 0 Å². The number of carbonyl (C=O) groups excluding carboxylic acids is 1. The van der Waals surface area contributed by atoms with Crippen molar-refractivity contribution in [2.45, 2.75) is 19.8 Å². The highest BCUT2D eigenvalue weighted by molar-refractivity contribution is 6.07. The summed E-state index contributed by atoms with van der Waals surface area (Å²) in [5, 5.41) is 0. The van der Waals surface area contributed by atoms with Crippen LogP contribution in [0, 0.1) is 0 Å². The minimum absolute atomic E-state index is 0.304. The third-order valence-electron chi connectivity index (χ3n) is 3.18. The maximum Gasteiger partial charge on any atom is 0.280 e. The minimum Gasteiger partial charge on any atom is -0.473 e. The number of allylic oxidation sites excluding steroid dienone is 1. The normalized spacial score (nSPS) is 11.6.